The number of rotatable bonds is 11. The molecule has 1 aromatic carbocycles. The Bertz CT molecular complexity index is 1450. The number of nitriles is 1. The van der Waals surface area contributed by atoms with Gasteiger partial charge in [0.15, 0.2) is 11.5 Å². The summed E-state index contributed by atoms with van der Waals surface area (Å²) < 4.78 is 53.1. The Balaban J connectivity index is 1.59. The van der Waals surface area contributed by atoms with E-state index in [1.54, 1.807) is 37.3 Å². The molecule has 15 heteroatoms. The average Bonchev–Trinajstić information content (AvgIpc) is 3.45. The van der Waals surface area contributed by atoms with Gasteiger partial charge in [0.05, 0.1) is 25.5 Å². The van der Waals surface area contributed by atoms with Gasteiger partial charge >= 0.3 is 13.7 Å². The summed E-state index contributed by atoms with van der Waals surface area (Å²) in [5.41, 5.74) is 1.77. The number of nitrogens with one attached hydrogen (secondary N) is 1. The van der Waals surface area contributed by atoms with E-state index in [-0.39, 0.29) is 24.7 Å². The van der Waals surface area contributed by atoms with E-state index in [9.17, 15) is 19.7 Å². The first-order valence-corrected chi connectivity index (χ1v) is 13.9. The molecule has 0 saturated carbocycles. The van der Waals surface area contributed by atoms with Crippen LogP contribution in [0.4, 0.5) is 10.2 Å². The molecule has 40 heavy (non-hydrogen) atoms. The maximum absolute atomic E-state index is 16.2. The summed E-state index contributed by atoms with van der Waals surface area (Å²) in [6.07, 6.45) is -2.25. The summed E-state index contributed by atoms with van der Waals surface area (Å²) in [4.78, 5) is 16.1. The molecule has 1 aliphatic rings. The molecule has 214 valence electrons. The Kier molecular flexibility index (Phi) is 8.55. The van der Waals surface area contributed by atoms with Crippen LogP contribution in [-0.4, -0.2) is 62.8 Å². The second-order valence-electron chi connectivity index (χ2n) is 9.29. The Labute approximate surface area is 229 Å². The van der Waals surface area contributed by atoms with Crippen molar-refractivity contribution in [2.24, 2.45) is 0 Å². The third-order valence-corrected chi connectivity index (χ3v) is 8.23. The number of nitrogens with two attached hydrogens (primary N) is 1. The molecule has 1 saturated heterocycles. The van der Waals surface area contributed by atoms with Gasteiger partial charge < -0.3 is 20.3 Å². The zero-order valence-electron chi connectivity index (χ0n) is 22.1. The normalized spacial score (nSPS) is 26.7. The van der Waals surface area contributed by atoms with Gasteiger partial charge in [-0.1, -0.05) is 30.3 Å². The van der Waals surface area contributed by atoms with Crippen LogP contribution >= 0.6 is 7.75 Å². The van der Waals surface area contributed by atoms with Crippen LogP contribution in [-0.2, 0) is 40.1 Å². The number of ether oxygens (including phenoxy) is 2. The first kappa shape index (κ1) is 29.5. The molecule has 0 bridgehead atoms. The lowest BCUT2D eigenvalue weighted by molar-refractivity contribution is -0.144. The van der Waals surface area contributed by atoms with E-state index in [4.69, 9.17) is 24.3 Å². The Hall–Kier alpha value is -3.44. The van der Waals surface area contributed by atoms with Crippen molar-refractivity contribution in [3.05, 3.63) is 60.0 Å². The second-order valence-corrected chi connectivity index (χ2v) is 11.1. The highest BCUT2D eigenvalue weighted by molar-refractivity contribution is 7.51. The minimum absolute atomic E-state index is 0.0387. The largest absolute Gasteiger partial charge is 0.465 e. The van der Waals surface area contributed by atoms with Gasteiger partial charge in [0.25, 0.3) is 0 Å². The summed E-state index contributed by atoms with van der Waals surface area (Å²) in [6.45, 7) is 3.31. The van der Waals surface area contributed by atoms with E-state index >= 15 is 4.39 Å². The van der Waals surface area contributed by atoms with Crippen LogP contribution in [0.2, 0.25) is 0 Å². The quantitative estimate of drug-likeness (QED) is 0.224. The Morgan fingerprint density at radius 1 is 1.35 bits per heavy atom. The smallest absolute Gasteiger partial charge is 0.406 e. The van der Waals surface area contributed by atoms with Crippen molar-refractivity contribution in [3.8, 4) is 6.07 Å². The van der Waals surface area contributed by atoms with Crippen molar-refractivity contribution in [1.29, 1.82) is 5.26 Å². The van der Waals surface area contributed by atoms with Gasteiger partial charge in [-0.05, 0) is 38.5 Å². The number of hydrogen-bond donors (Lipinski definition) is 3. The number of benzene rings is 1. The number of carbonyl (C=O) groups excluding carboxylic acids is 1. The third kappa shape index (κ3) is 5.44. The number of alkyl halides is 1. The summed E-state index contributed by atoms with van der Waals surface area (Å²) in [5, 5.41) is 27.7. The molecule has 4 N–H and O–H groups in total. The van der Waals surface area contributed by atoms with Crippen LogP contribution in [0.1, 0.15) is 32.0 Å². The maximum Gasteiger partial charge on any atom is 0.406 e. The summed E-state index contributed by atoms with van der Waals surface area (Å²) >= 11 is 0. The minimum atomic E-state index is -4.28. The van der Waals surface area contributed by atoms with Crippen LogP contribution in [0.5, 0.6) is 0 Å². The number of aliphatic hydroxyl groups is 1. The SMILES string of the molecule is CCOC(=O)C(C)NP(=O)(OCc1ccccc1)OCC1OC(C#N)(c2ccc3c(N)ncnn23)C(C)(F)C1O. The monoisotopic (exact) mass is 576 g/mol. The van der Waals surface area contributed by atoms with E-state index in [2.05, 4.69) is 15.2 Å². The highest BCUT2D eigenvalue weighted by atomic mass is 31.2. The molecule has 3 aromatic rings. The first-order valence-electron chi connectivity index (χ1n) is 12.4. The predicted octanol–water partition coefficient (Wildman–Crippen LogP) is 2.40. The van der Waals surface area contributed by atoms with Crippen molar-refractivity contribution in [3.63, 3.8) is 0 Å². The third-order valence-electron chi connectivity index (χ3n) is 6.57. The van der Waals surface area contributed by atoms with Gasteiger partial charge in [0.2, 0.25) is 5.60 Å². The van der Waals surface area contributed by atoms with E-state index in [1.807, 2.05) is 6.07 Å². The maximum atomic E-state index is 16.2. The highest BCUT2D eigenvalue weighted by Gasteiger charge is 2.67. The molecule has 4 rings (SSSR count). The lowest BCUT2D eigenvalue weighted by Crippen LogP contribution is -2.48. The first-order chi connectivity index (χ1) is 19.0. The minimum Gasteiger partial charge on any atom is -0.465 e. The number of esters is 1. The topological polar surface area (TPSA) is 183 Å². The molecule has 6 unspecified atom stereocenters. The molecule has 13 nitrogen and oxygen atoms in total. The van der Waals surface area contributed by atoms with E-state index in [0.717, 1.165) is 13.3 Å². The zero-order valence-corrected chi connectivity index (χ0v) is 23.0. The molecule has 0 aliphatic carbocycles. The van der Waals surface area contributed by atoms with Crippen molar-refractivity contribution >= 4 is 25.1 Å². The molecule has 3 heterocycles. The standard InChI is InChI=1S/C25H30FN6O7P/c1-4-36-23(34)16(2)31-40(35,37-12-17-8-6-5-7-9-17)38-13-19-21(33)24(3,26)25(14-27,39-19)20-11-10-18-22(28)29-15-30-32(18)20/h5-11,15-16,19,21,33H,4,12-13H2,1-3H3,(H,31,35)(H2,28,29,30). The summed E-state index contributed by atoms with van der Waals surface area (Å²) in [7, 11) is -4.28. The molecule has 0 radical (unpaired) electrons. The van der Waals surface area contributed by atoms with Gasteiger partial charge in [0, 0.05) is 0 Å². The second kappa shape index (κ2) is 11.6. The fourth-order valence-electron chi connectivity index (χ4n) is 4.39. The Morgan fingerprint density at radius 3 is 2.75 bits per heavy atom. The highest BCUT2D eigenvalue weighted by Crippen LogP contribution is 2.52. The number of nitrogens with zero attached hydrogens (tertiary/aromatic N) is 4. The van der Waals surface area contributed by atoms with Crippen LogP contribution in [0.25, 0.3) is 5.52 Å². The molecule has 0 spiro atoms. The number of hydrogen-bond acceptors (Lipinski definition) is 11. The summed E-state index contributed by atoms with van der Waals surface area (Å²) in [6, 6.07) is 12.4. The average molecular weight is 577 g/mol. The van der Waals surface area contributed by atoms with Crippen molar-refractivity contribution in [1.82, 2.24) is 19.7 Å². The number of aliphatic hydroxyl groups excluding tert-OH is 1. The van der Waals surface area contributed by atoms with E-state index < -0.39 is 49.8 Å². The fourth-order valence-corrected chi connectivity index (χ4v) is 5.85. The van der Waals surface area contributed by atoms with Crippen molar-refractivity contribution < 1.29 is 37.4 Å². The Morgan fingerprint density at radius 2 is 2.08 bits per heavy atom. The molecular weight excluding hydrogens is 546 g/mol. The van der Waals surface area contributed by atoms with Gasteiger partial charge in [-0.15, -0.1) is 0 Å². The van der Waals surface area contributed by atoms with Crippen LogP contribution in [0, 0.1) is 11.3 Å². The molecule has 6 atom stereocenters. The van der Waals surface area contributed by atoms with Crippen molar-refractivity contribution in [2.75, 3.05) is 18.9 Å². The predicted molar refractivity (Wildman–Crippen MR) is 139 cm³/mol. The zero-order chi connectivity index (χ0) is 29.1. The van der Waals surface area contributed by atoms with Gasteiger partial charge in [-0.25, -0.2) is 23.5 Å². The van der Waals surface area contributed by atoms with Crippen LogP contribution in [0.15, 0.2) is 48.8 Å². The number of carbonyl (C=O) groups is 1. The van der Waals surface area contributed by atoms with E-state index in [0.29, 0.717) is 11.1 Å². The van der Waals surface area contributed by atoms with Gasteiger partial charge in [-0.3, -0.25) is 13.8 Å². The fraction of sp³-hybridized carbons (Fsp3) is 0.440. The molecule has 1 fully saturated rings. The molecule has 1 aliphatic heterocycles. The number of halogens is 1. The molecule has 0 amide bonds. The molecular formula is C25H30FN6O7P. The molecule has 2 aromatic heterocycles. The lowest BCUT2D eigenvalue weighted by Gasteiger charge is -2.30. The van der Waals surface area contributed by atoms with Crippen LogP contribution in [0.3, 0.4) is 0 Å². The van der Waals surface area contributed by atoms with Crippen molar-refractivity contribution in [2.45, 2.75) is 56.9 Å². The number of aromatic nitrogens is 3. The van der Waals surface area contributed by atoms with Crippen LogP contribution < -0.4 is 10.8 Å². The van der Waals surface area contributed by atoms with E-state index in [1.165, 1.54) is 23.6 Å². The number of anilines is 1. The summed E-state index contributed by atoms with van der Waals surface area (Å²) in [5.74, 6) is -0.611. The number of fused-ring (bicyclic) bond motifs is 1. The van der Waals surface area contributed by atoms with Gasteiger partial charge in [-0.2, -0.15) is 10.4 Å². The van der Waals surface area contributed by atoms with Gasteiger partial charge in [0.1, 0.15) is 36.2 Å². The number of nitrogen functional groups attached to an aromatic ring is 1. The lowest BCUT2D eigenvalue weighted by atomic mass is 9.82.